The first kappa shape index (κ1) is 18.8. The highest BCUT2D eigenvalue weighted by molar-refractivity contribution is 8.09. The number of thioether (sulfide) groups is 1. The molecule has 0 aromatic carbocycles. The molecule has 1 atom stereocenters. The van der Waals surface area contributed by atoms with E-state index in [0.29, 0.717) is 5.37 Å². The molecule has 0 saturated carbocycles. The molecule has 3 heterocycles. The van der Waals surface area contributed by atoms with Crippen LogP contribution >= 0.6 is 11.8 Å². The minimum atomic E-state index is 0.558. The second kappa shape index (κ2) is 8.61. The average molecular weight is 383 g/mol. The smallest absolute Gasteiger partial charge is 0.0818 e. The molecule has 1 fully saturated rings. The topological polar surface area (TPSA) is 32.3 Å². The van der Waals surface area contributed by atoms with E-state index in [1.807, 2.05) is 18.0 Å². The minimum Gasteiger partial charge on any atom is -0.367 e. The van der Waals surface area contributed by atoms with Gasteiger partial charge in [-0.2, -0.15) is 10.2 Å². The van der Waals surface area contributed by atoms with Gasteiger partial charge in [0.15, 0.2) is 0 Å². The van der Waals surface area contributed by atoms with E-state index in [1.54, 1.807) is 0 Å². The van der Waals surface area contributed by atoms with Crippen LogP contribution in [0.4, 0.5) is 0 Å². The van der Waals surface area contributed by atoms with Gasteiger partial charge in [-0.15, -0.1) is 0 Å². The Morgan fingerprint density at radius 1 is 1.15 bits per heavy atom. The summed E-state index contributed by atoms with van der Waals surface area (Å²) in [6, 6.07) is 2.24. The van der Waals surface area contributed by atoms with Crippen molar-refractivity contribution in [3.8, 4) is 0 Å². The van der Waals surface area contributed by atoms with Gasteiger partial charge in [0.25, 0.3) is 0 Å². The molecule has 1 aromatic heterocycles. The van der Waals surface area contributed by atoms with Crippen LogP contribution in [0.5, 0.6) is 0 Å². The molecule has 0 spiro atoms. The average Bonchev–Trinajstić information content (AvgIpc) is 3.10. The van der Waals surface area contributed by atoms with Crippen molar-refractivity contribution in [2.75, 3.05) is 27.2 Å². The Bertz CT molecular complexity index is 746. The largest absolute Gasteiger partial charge is 0.367 e. The molecule has 144 valence electrons. The van der Waals surface area contributed by atoms with Gasteiger partial charge in [0.1, 0.15) is 0 Å². The van der Waals surface area contributed by atoms with Crippen LogP contribution in [0.2, 0.25) is 0 Å². The molecule has 4 nitrogen and oxygen atoms in total. The van der Waals surface area contributed by atoms with Gasteiger partial charge in [0, 0.05) is 23.7 Å². The van der Waals surface area contributed by atoms with E-state index in [-0.39, 0.29) is 0 Å². The fourth-order valence-corrected chi connectivity index (χ4v) is 5.61. The summed E-state index contributed by atoms with van der Waals surface area (Å²) in [7, 11) is 4.45. The summed E-state index contributed by atoms with van der Waals surface area (Å²) in [5.74, 6) is 0.768. The van der Waals surface area contributed by atoms with Crippen molar-refractivity contribution in [2.45, 2.75) is 43.9 Å². The lowest BCUT2D eigenvalue weighted by atomic mass is 9.96. The third-order valence-electron chi connectivity index (χ3n) is 5.87. The molecule has 0 amide bonds. The van der Waals surface area contributed by atoms with Crippen LogP contribution in [-0.2, 0) is 6.42 Å². The molecule has 3 aliphatic rings. The number of hydrogen-bond acceptors (Lipinski definition) is 5. The maximum absolute atomic E-state index is 4.37. The van der Waals surface area contributed by atoms with E-state index < -0.39 is 0 Å². The summed E-state index contributed by atoms with van der Waals surface area (Å²) < 4.78 is 0. The fourth-order valence-electron chi connectivity index (χ4n) is 4.18. The second-order valence-corrected chi connectivity index (χ2v) is 9.16. The normalized spacial score (nSPS) is 24.2. The quantitative estimate of drug-likeness (QED) is 0.757. The zero-order valence-corrected chi connectivity index (χ0v) is 17.3. The van der Waals surface area contributed by atoms with Gasteiger partial charge in [-0.1, -0.05) is 35.6 Å². The number of piperidine rings is 1. The minimum absolute atomic E-state index is 0.558. The Balaban J connectivity index is 1.39. The Morgan fingerprint density at radius 2 is 2.00 bits per heavy atom. The number of aryl methyl sites for hydroxylation is 1. The first-order chi connectivity index (χ1) is 13.2. The van der Waals surface area contributed by atoms with Gasteiger partial charge in [0.2, 0.25) is 0 Å². The van der Waals surface area contributed by atoms with Crippen LogP contribution < -0.4 is 0 Å². The highest BCUT2D eigenvalue weighted by atomic mass is 32.2. The van der Waals surface area contributed by atoms with Gasteiger partial charge in [-0.05, 0) is 70.6 Å². The van der Waals surface area contributed by atoms with Crippen molar-refractivity contribution in [2.24, 2.45) is 5.92 Å². The Hall–Kier alpha value is -1.59. The van der Waals surface area contributed by atoms with Crippen LogP contribution in [0.15, 0.2) is 42.3 Å². The van der Waals surface area contributed by atoms with Crippen LogP contribution in [0, 0.1) is 5.92 Å². The van der Waals surface area contributed by atoms with Crippen LogP contribution in [0.1, 0.15) is 43.4 Å². The monoisotopic (exact) mass is 382 g/mol. The summed E-state index contributed by atoms with van der Waals surface area (Å²) >= 11 is 2.01. The van der Waals surface area contributed by atoms with Gasteiger partial charge < -0.3 is 9.80 Å². The molecule has 0 bridgehead atoms. The Kier molecular flexibility index (Phi) is 5.98. The van der Waals surface area contributed by atoms with Gasteiger partial charge >= 0.3 is 0 Å². The van der Waals surface area contributed by atoms with Crippen molar-refractivity contribution >= 4 is 16.7 Å². The second-order valence-electron chi connectivity index (χ2n) is 8.00. The number of hydrogen-bond donors (Lipinski definition) is 0. The molecule has 4 rings (SSSR count). The standard InChI is InChI=1S/C22H30N4S/c1-25-12-10-18(11-13-25)22-26(2)16-21(27-22)19-14-20(24-23-15-19)9-8-17-6-4-3-5-7-17/h4,6-7,14-16,18,22H,3,5,8-13H2,1-2H3. The summed E-state index contributed by atoms with van der Waals surface area (Å²) in [5.41, 5.74) is 3.75. The van der Waals surface area contributed by atoms with Gasteiger partial charge in [-0.3, -0.25) is 0 Å². The number of aromatic nitrogens is 2. The lowest BCUT2D eigenvalue weighted by Gasteiger charge is -2.35. The van der Waals surface area contributed by atoms with Crippen LogP contribution in [0.3, 0.4) is 0 Å². The number of allylic oxidation sites excluding steroid dienone is 4. The molecule has 1 aliphatic carbocycles. The van der Waals surface area contributed by atoms with E-state index in [0.717, 1.165) is 24.5 Å². The van der Waals surface area contributed by atoms with Crippen molar-refractivity contribution in [1.29, 1.82) is 0 Å². The predicted molar refractivity (Wildman–Crippen MR) is 114 cm³/mol. The van der Waals surface area contributed by atoms with E-state index in [9.17, 15) is 0 Å². The third-order valence-corrected chi connectivity index (χ3v) is 7.42. The molecule has 1 aromatic rings. The number of rotatable bonds is 5. The Labute approximate surface area is 167 Å². The summed E-state index contributed by atoms with van der Waals surface area (Å²) in [6.07, 6.45) is 18.1. The van der Waals surface area contributed by atoms with Crippen molar-refractivity contribution < 1.29 is 0 Å². The first-order valence-corrected chi connectivity index (χ1v) is 11.0. The molecule has 1 saturated heterocycles. The van der Waals surface area contributed by atoms with Crippen molar-refractivity contribution in [1.82, 2.24) is 20.0 Å². The zero-order valence-electron chi connectivity index (χ0n) is 16.5. The van der Waals surface area contributed by atoms with Gasteiger partial charge in [-0.25, -0.2) is 0 Å². The summed E-state index contributed by atoms with van der Waals surface area (Å²) in [5, 5.41) is 9.23. The van der Waals surface area contributed by atoms with E-state index in [1.165, 1.54) is 54.8 Å². The highest BCUT2D eigenvalue weighted by Gasteiger charge is 2.32. The molecule has 5 heteroatoms. The fraction of sp³-hybridized carbons (Fsp3) is 0.545. The highest BCUT2D eigenvalue weighted by Crippen LogP contribution is 2.44. The van der Waals surface area contributed by atoms with E-state index in [2.05, 4.69) is 64.6 Å². The molecule has 0 N–H and O–H groups in total. The Morgan fingerprint density at radius 3 is 2.78 bits per heavy atom. The first-order valence-electron chi connectivity index (χ1n) is 10.2. The van der Waals surface area contributed by atoms with Crippen molar-refractivity contribution in [3.05, 3.63) is 53.5 Å². The van der Waals surface area contributed by atoms with Gasteiger partial charge in [0.05, 0.1) is 17.3 Å². The number of nitrogens with zero attached hydrogens (tertiary/aromatic N) is 4. The predicted octanol–water partition coefficient (Wildman–Crippen LogP) is 4.33. The molecular weight excluding hydrogens is 352 g/mol. The van der Waals surface area contributed by atoms with Crippen LogP contribution in [-0.4, -0.2) is 52.6 Å². The third kappa shape index (κ3) is 4.64. The summed E-state index contributed by atoms with van der Waals surface area (Å²) in [6.45, 7) is 2.44. The van der Waals surface area contributed by atoms with E-state index in [4.69, 9.17) is 0 Å². The maximum atomic E-state index is 4.37. The van der Waals surface area contributed by atoms with Crippen LogP contribution in [0.25, 0.3) is 4.91 Å². The van der Waals surface area contributed by atoms with E-state index >= 15 is 0 Å². The zero-order chi connectivity index (χ0) is 18.6. The maximum Gasteiger partial charge on any atom is 0.0818 e. The molecule has 0 radical (unpaired) electrons. The lowest BCUT2D eigenvalue weighted by molar-refractivity contribution is 0.184. The lowest BCUT2D eigenvalue weighted by Crippen LogP contribution is -2.38. The molecule has 2 aliphatic heterocycles. The molecule has 27 heavy (non-hydrogen) atoms. The molecule has 1 unspecified atom stereocenters. The number of likely N-dealkylation sites (tertiary alicyclic amines) is 1. The molecular formula is C22H30N4S. The van der Waals surface area contributed by atoms with Crippen molar-refractivity contribution in [3.63, 3.8) is 0 Å². The SMILES string of the molecule is CN1CCC(C2SC(c3cnnc(CCC4=CCCC=C4)c3)=CN2C)CC1. The summed E-state index contributed by atoms with van der Waals surface area (Å²) in [4.78, 5) is 6.20.